The molecule has 0 saturated carbocycles. The fourth-order valence-corrected chi connectivity index (χ4v) is 3.16. The van der Waals surface area contributed by atoms with E-state index in [-0.39, 0.29) is 18.4 Å². The molecule has 1 saturated heterocycles. The molecule has 138 valence electrons. The zero-order valence-electron chi connectivity index (χ0n) is 14.8. The molecule has 5 nitrogen and oxygen atoms in total. The lowest BCUT2D eigenvalue weighted by atomic mass is 10.0. The molecule has 1 fully saturated rings. The van der Waals surface area contributed by atoms with Crippen molar-refractivity contribution in [1.82, 2.24) is 10.2 Å². The van der Waals surface area contributed by atoms with Gasteiger partial charge in [-0.2, -0.15) is 0 Å². The molecule has 0 aromatic heterocycles. The molecule has 0 spiro atoms. The summed E-state index contributed by atoms with van der Waals surface area (Å²) >= 11 is 12.0. The van der Waals surface area contributed by atoms with Crippen LogP contribution in [0.2, 0.25) is 10.0 Å². The minimum absolute atomic E-state index is 0.0259. The van der Waals surface area contributed by atoms with Gasteiger partial charge in [-0.05, 0) is 51.3 Å². The normalized spacial score (nSPS) is 15.8. The van der Waals surface area contributed by atoms with Crippen LogP contribution < -0.4 is 5.32 Å². The number of ether oxygens (including phenoxy) is 1. The average Bonchev–Trinajstić information content (AvgIpc) is 2.48. The van der Waals surface area contributed by atoms with Crippen molar-refractivity contribution in [3.8, 4) is 0 Å². The molecule has 0 aliphatic carbocycles. The molecule has 2 rings (SSSR count). The zero-order chi connectivity index (χ0) is 18.6. The summed E-state index contributed by atoms with van der Waals surface area (Å²) in [7, 11) is 0. The molecule has 1 aromatic carbocycles. The van der Waals surface area contributed by atoms with Gasteiger partial charge in [-0.25, -0.2) is 4.79 Å². The van der Waals surface area contributed by atoms with Crippen LogP contribution in [0.25, 0.3) is 0 Å². The Balaban J connectivity index is 1.81. The molecule has 1 aliphatic rings. The maximum absolute atomic E-state index is 12.4. The molecule has 0 radical (unpaired) electrons. The van der Waals surface area contributed by atoms with E-state index in [2.05, 4.69) is 5.32 Å². The van der Waals surface area contributed by atoms with Gasteiger partial charge >= 0.3 is 6.09 Å². The number of halogens is 2. The lowest BCUT2D eigenvalue weighted by Gasteiger charge is -2.33. The number of hydrogen-bond acceptors (Lipinski definition) is 3. The van der Waals surface area contributed by atoms with Gasteiger partial charge < -0.3 is 15.0 Å². The summed E-state index contributed by atoms with van der Waals surface area (Å²) < 4.78 is 5.26. The zero-order valence-corrected chi connectivity index (χ0v) is 16.3. The van der Waals surface area contributed by atoms with Crippen LogP contribution in [0.4, 0.5) is 4.79 Å². The molecular weight excluding hydrogens is 363 g/mol. The van der Waals surface area contributed by atoms with E-state index >= 15 is 0 Å². The van der Waals surface area contributed by atoms with Crippen LogP contribution in [0.3, 0.4) is 0 Å². The summed E-state index contributed by atoms with van der Waals surface area (Å²) in [5.41, 5.74) is 0.253. The Bertz CT molecular complexity index is 636. The number of benzene rings is 1. The SMILES string of the molecule is CC(C)(C)OC(=O)NC1CCN(C(=O)Cc2ccc(Cl)cc2Cl)CC1. The number of alkyl carbamates (subject to hydrolysis) is 1. The molecule has 2 amide bonds. The second-order valence-corrected chi connectivity index (χ2v) is 8.06. The van der Waals surface area contributed by atoms with Gasteiger partial charge in [-0.15, -0.1) is 0 Å². The first-order valence-electron chi connectivity index (χ1n) is 8.35. The topological polar surface area (TPSA) is 58.6 Å². The first-order valence-corrected chi connectivity index (χ1v) is 9.11. The molecular formula is C18H24Cl2N2O3. The van der Waals surface area contributed by atoms with Gasteiger partial charge in [0.15, 0.2) is 0 Å². The predicted molar refractivity (Wildman–Crippen MR) is 99.1 cm³/mol. The Labute approximate surface area is 158 Å². The van der Waals surface area contributed by atoms with Crippen LogP contribution in [0.1, 0.15) is 39.2 Å². The van der Waals surface area contributed by atoms with E-state index < -0.39 is 11.7 Å². The molecule has 0 bridgehead atoms. The third-order valence-electron chi connectivity index (χ3n) is 3.93. The number of amides is 2. The Kier molecular flexibility index (Phi) is 6.58. The van der Waals surface area contributed by atoms with Gasteiger partial charge in [0.1, 0.15) is 5.60 Å². The number of nitrogens with one attached hydrogen (secondary N) is 1. The number of carbonyl (C=O) groups excluding carboxylic acids is 2. The summed E-state index contributed by atoms with van der Waals surface area (Å²) in [5, 5.41) is 3.92. The van der Waals surface area contributed by atoms with Crippen LogP contribution in [-0.2, 0) is 16.0 Å². The third-order valence-corrected chi connectivity index (χ3v) is 4.51. The Hall–Kier alpha value is -1.46. The highest BCUT2D eigenvalue weighted by molar-refractivity contribution is 6.35. The van der Waals surface area contributed by atoms with Gasteiger partial charge in [0.2, 0.25) is 5.91 Å². The summed E-state index contributed by atoms with van der Waals surface area (Å²) in [6.07, 6.45) is 1.25. The van der Waals surface area contributed by atoms with Crippen molar-refractivity contribution in [3.63, 3.8) is 0 Å². The summed E-state index contributed by atoms with van der Waals surface area (Å²) in [6.45, 7) is 6.69. The molecule has 1 aliphatic heterocycles. The largest absolute Gasteiger partial charge is 0.444 e. The lowest BCUT2D eigenvalue weighted by Crippen LogP contribution is -2.48. The summed E-state index contributed by atoms with van der Waals surface area (Å²) in [6, 6.07) is 5.17. The van der Waals surface area contributed by atoms with Crippen molar-refractivity contribution in [2.24, 2.45) is 0 Å². The molecule has 0 atom stereocenters. The number of likely N-dealkylation sites (tertiary alicyclic amines) is 1. The van der Waals surface area contributed by atoms with E-state index in [1.54, 1.807) is 23.1 Å². The maximum Gasteiger partial charge on any atom is 0.407 e. The van der Waals surface area contributed by atoms with Gasteiger partial charge in [-0.1, -0.05) is 29.3 Å². The van der Waals surface area contributed by atoms with Crippen molar-refractivity contribution in [2.45, 2.75) is 51.7 Å². The molecule has 1 N–H and O–H groups in total. The van der Waals surface area contributed by atoms with E-state index in [1.807, 2.05) is 20.8 Å². The van der Waals surface area contributed by atoms with Crippen LogP contribution >= 0.6 is 23.2 Å². The third kappa shape index (κ3) is 6.40. The van der Waals surface area contributed by atoms with E-state index in [0.717, 1.165) is 5.56 Å². The van der Waals surface area contributed by atoms with Gasteiger partial charge in [0, 0.05) is 29.2 Å². The van der Waals surface area contributed by atoms with E-state index in [0.29, 0.717) is 36.0 Å². The Morgan fingerprint density at radius 2 is 1.88 bits per heavy atom. The molecule has 7 heteroatoms. The highest BCUT2D eigenvalue weighted by atomic mass is 35.5. The molecule has 1 heterocycles. The predicted octanol–water partition coefficient (Wildman–Crippen LogP) is 4.05. The fraction of sp³-hybridized carbons (Fsp3) is 0.556. The summed E-state index contributed by atoms with van der Waals surface area (Å²) in [4.78, 5) is 26.1. The maximum atomic E-state index is 12.4. The monoisotopic (exact) mass is 386 g/mol. The van der Waals surface area contributed by atoms with E-state index in [4.69, 9.17) is 27.9 Å². The minimum Gasteiger partial charge on any atom is -0.444 e. The standard InChI is InChI=1S/C18H24Cl2N2O3/c1-18(2,3)25-17(24)21-14-6-8-22(9-7-14)16(23)10-12-4-5-13(19)11-15(12)20/h4-5,11,14H,6-10H2,1-3H3,(H,21,24). The van der Waals surface area contributed by atoms with Crippen molar-refractivity contribution in [1.29, 1.82) is 0 Å². The number of hydrogen-bond donors (Lipinski definition) is 1. The van der Waals surface area contributed by atoms with Crippen molar-refractivity contribution >= 4 is 35.2 Å². The van der Waals surface area contributed by atoms with E-state index in [1.165, 1.54) is 0 Å². The number of piperidine rings is 1. The number of rotatable bonds is 3. The number of carbonyl (C=O) groups is 2. The first-order chi connectivity index (χ1) is 11.6. The second-order valence-electron chi connectivity index (χ2n) is 7.21. The second kappa shape index (κ2) is 8.28. The molecule has 0 unspecified atom stereocenters. The molecule has 25 heavy (non-hydrogen) atoms. The van der Waals surface area contributed by atoms with Gasteiger partial charge in [0.25, 0.3) is 0 Å². The first kappa shape index (κ1) is 19.9. The summed E-state index contributed by atoms with van der Waals surface area (Å²) in [5.74, 6) is 0.0277. The Morgan fingerprint density at radius 1 is 1.24 bits per heavy atom. The lowest BCUT2D eigenvalue weighted by molar-refractivity contribution is -0.131. The highest BCUT2D eigenvalue weighted by Crippen LogP contribution is 2.22. The van der Waals surface area contributed by atoms with Crippen LogP contribution in [0.15, 0.2) is 18.2 Å². The van der Waals surface area contributed by atoms with Gasteiger partial charge in [0.05, 0.1) is 6.42 Å². The fourth-order valence-electron chi connectivity index (χ4n) is 2.69. The highest BCUT2D eigenvalue weighted by Gasteiger charge is 2.26. The van der Waals surface area contributed by atoms with Crippen molar-refractivity contribution in [2.75, 3.05) is 13.1 Å². The number of nitrogens with zero attached hydrogens (tertiary/aromatic N) is 1. The van der Waals surface area contributed by atoms with Gasteiger partial charge in [-0.3, -0.25) is 4.79 Å². The smallest absolute Gasteiger partial charge is 0.407 e. The molecule has 1 aromatic rings. The van der Waals surface area contributed by atoms with E-state index in [9.17, 15) is 9.59 Å². The van der Waals surface area contributed by atoms with Crippen LogP contribution in [-0.4, -0.2) is 41.6 Å². The van der Waals surface area contributed by atoms with Crippen LogP contribution in [0, 0.1) is 0 Å². The Morgan fingerprint density at radius 3 is 2.44 bits per heavy atom. The average molecular weight is 387 g/mol. The van der Waals surface area contributed by atoms with Crippen LogP contribution in [0.5, 0.6) is 0 Å². The quantitative estimate of drug-likeness (QED) is 0.851. The van der Waals surface area contributed by atoms with Crippen molar-refractivity contribution < 1.29 is 14.3 Å². The minimum atomic E-state index is -0.515. The van der Waals surface area contributed by atoms with Crippen molar-refractivity contribution in [3.05, 3.63) is 33.8 Å².